The highest BCUT2D eigenvalue weighted by atomic mass is 35.5. The summed E-state index contributed by atoms with van der Waals surface area (Å²) in [5.41, 5.74) is 2.33. The maximum atomic E-state index is 12.1. The maximum absolute atomic E-state index is 12.1. The highest BCUT2D eigenvalue weighted by Gasteiger charge is 2.12. The van der Waals surface area contributed by atoms with Crippen molar-refractivity contribution in [2.24, 2.45) is 0 Å². The van der Waals surface area contributed by atoms with Crippen LogP contribution in [0.1, 0.15) is 28.9 Å². The number of carbonyl (C=O) groups is 2. The van der Waals surface area contributed by atoms with Gasteiger partial charge in [0.15, 0.2) is 6.54 Å². The third kappa shape index (κ3) is 5.59. The van der Waals surface area contributed by atoms with E-state index in [-0.39, 0.29) is 17.9 Å². The molecule has 0 aromatic heterocycles. The topological polar surface area (TPSA) is 66.0 Å². The molecule has 0 heterocycles. The van der Waals surface area contributed by atoms with Crippen LogP contribution in [0.5, 0.6) is 0 Å². The van der Waals surface area contributed by atoms with E-state index in [2.05, 4.69) is 5.32 Å². The number of benzene rings is 2. The Morgan fingerprint density at radius 1 is 1.16 bits per heavy atom. The molecule has 0 unspecified atom stereocenters. The Morgan fingerprint density at radius 3 is 2.44 bits per heavy atom. The number of quaternary nitrogens is 1. The van der Waals surface area contributed by atoms with E-state index in [0.29, 0.717) is 22.8 Å². The molecule has 2 amide bonds. The minimum atomic E-state index is -0.0967. The van der Waals surface area contributed by atoms with Crippen molar-refractivity contribution >= 4 is 29.1 Å². The van der Waals surface area contributed by atoms with Gasteiger partial charge < -0.3 is 15.5 Å². The summed E-state index contributed by atoms with van der Waals surface area (Å²) in [5.74, 6) is -0.165. The first kappa shape index (κ1) is 19.0. The van der Waals surface area contributed by atoms with Crippen LogP contribution in [0.25, 0.3) is 0 Å². The van der Waals surface area contributed by atoms with Gasteiger partial charge in [-0.3, -0.25) is 9.59 Å². The Balaban J connectivity index is 1.87. The number of nitrogens with two attached hydrogens (primary N) is 1. The first-order valence-electron chi connectivity index (χ1n) is 8.07. The van der Waals surface area contributed by atoms with E-state index in [0.717, 1.165) is 5.56 Å². The summed E-state index contributed by atoms with van der Waals surface area (Å²) in [6.45, 7) is 2.33. The third-order valence-electron chi connectivity index (χ3n) is 3.85. The fourth-order valence-corrected chi connectivity index (χ4v) is 2.57. The van der Waals surface area contributed by atoms with Gasteiger partial charge in [-0.2, -0.15) is 0 Å². The van der Waals surface area contributed by atoms with Crippen molar-refractivity contribution in [1.82, 2.24) is 4.90 Å². The average Bonchev–Trinajstić information content (AvgIpc) is 2.59. The molecule has 6 heteroatoms. The van der Waals surface area contributed by atoms with Crippen LogP contribution in [0.4, 0.5) is 5.69 Å². The van der Waals surface area contributed by atoms with Crippen molar-refractivity contribution in [3.8, 4) is 0 Å². The summed E-state index contributed by atoms with van der Waals surface area (Å²) >= 11 is 5.99. The number of hydrogen-bond acceptors (Lipinski definition) is 2. The van der Waals surface area contributed by atoms with Crippen LogP contribution >= 0.6 is 11.6 Å². The van der Waals surface area contributed by atoms with Gasteiger partial charge >= 0.3 is 0 Å². The van der Waals surface area contributed by atoms with Gasteiger partial charge in [0.05, 0.1) is 0 Å². The molecule has 0 aliphatic rings. The van der Waals surface area contributed by atoms with Gasteiger partial charge in [0, 0.05) is 35.9 Å². The van der Waals surface area contributed by atoms with Gasteiger partial charge in [0.25, 0.3) is 11.8 Å². The minimum absolute atomic E-state index is 0.0680. The largest absolute Gasteiger partial charge is 0.345 e. The summed E-state index contributed by atoms with van der Waals surface area (Å²) in [5, 5.41) is 5.47. The highest BCUT2D eigenvalue weighted by Crippen LogP contribution is 2.14. The molecule has 0 saturated carbocycles. The summed E-state index contributed by atoms with van der Waals surface area (Å²) in [7, 11) is 3.41. The van der Waals surface area contributed by atoms with Crippen LogP contribution in [0, 0.1) is 0 Å². The zero-order valence-electron chi connectivity index (χ0n) is 14.6. The van der Waals surface area contributed by atoms with Crippen molar-refractivity contribution < 1.29 is 14.9 Å². The molecule has 2 rings (SSSR count). The van der Waals surface area contributed by atoms with E-state index in [9.17, 15) is 9.59 Å². The van der Waals surface area contributed by atoms with Gasteiger partial charge in [-0.05, 0) is 43.3 Å². The lowest BCUT2D eigenvalue weighted by Gasteiger charge is -2.12. The van der Waals surface area contributed by atoms with Crippen molar-refractivity contribution in [3.63, 3.8) is 0 Å². The van der Waals surface area contributed by atoms with Gasteiger partial charge in [-0.1, -0.05) is 23.7 Å². The second-order valence-corrected chi connectivity index (χ2v) is 6.55. The molecule has 0 radical (unpaired) electrons. The molecule has 3 N–H and O–H groups in total. The van der Waals surface area contributed by atoms with Crippen LogP contribution in [-0.4, -0.2) is 37.4 Å². The van der Waals surface area contributed by atoms with E-state index in [1.165, 1.54) is 4.90 Å². The standard InChI is InChI=1S/C19H22ClN3O2/c1-13(15-5-4-6-16(20)11-15)21-12-18(24)22-17-9-7-14(8-10-17)19(25)23(2)3/h4-11,13,21H,12H2,1-3H3,(H,22,24)/p+1/t13-/m0/s1. The molecule has 0 aliphatic carbocycles. The van der Waals surface area contributed by atoms with Gasteiger partial charge in [0.2, 0.25) is 0 Å². The molecule has 1 atom stereocenters. The SMILES string of the molecule is C[C@H]([NH2+]CC(=O)Nc1ccc(C(=O)N(C)C)cc1)c1cccc(Cl)c1. The zero-order chi connectivity index (χ0) is 18.4. The van der Waals surface area contributed by atoms with Crippen LogP contribution in [-0.2, 0) is 4.79 Å². The number of halogens is 1. The quantitative estimate of drug-likeness (QED) is 0.830. The normalized spacial score (nSPS) is 11.7. The summed E-state index contributed by atoms with van der Waals surface area (Å²) in [6, 6.07) is 14.6. The fraction of sp³-hybridized carbons (Fsp3) is 0.263. The lowest BCUT2D eigenvalue weighted by atomic mass is 10.1. The molecule has 2 aromatic rings. The number of anilines is 1. The zero-order valence-corrected chi connectivity index (χ0v) is 15.4. The van der Waals surface area contributed by atoms with Gasteiger partial charge in [-0.25, -0.2) is 0 Å². The molecule has 132 valence electrons. The van der Waals surface area contributed by atoms with Crippen molar-refractivity contribution in [1.29, 1.82) is 0 Å². The number of nitrogens with zero attached hydrogens (tertiary/aromatic N) is 1. The smallest absolute Gasteiger partial charge is 0.279 e. The van der Waals surface area contributed by atoms with Crippen LogP contribution in [0.2, 0.25) is 5.02 Å². The molecule has 0 saturated heterocycles. The molecule has 0 aliphatic heterocycles. The molecule has 2 aromatic carbocycles. The Kier molecular flexibility index (Phi) is 6.56. The summed E-state index contributed by atoms with van der Waals surface area (Å²) in [6.07, 6.45) is 0. The second kappa shape index (κ2) is 8.65. The molecule has 0 spiro atoms. The Hall–Kier alpha value is -2.37. The number of nitrogens with one attached hydrogen (secondary N) is 1. The third-order valence-corrected chi connectivity index (χ3v) is 4.09. The lowest BCUT2D eigenvalue weighted by molar-refractivity contribution is -0.682. The van der Waals surface area contributed by atoms with Crippen molar-refractivity contribution in [3.05, 3.63) is 64.7 Å². The Labute approximate surface area is 153 Å². The van der Waals surface area contributed by atoms with E-state index >= 15 is 0 Å². The molecular weight excluding hydrogens is 338 g/mol. The number of hydrogen-bond donors (Lipinski definition) is 2. The average molecular weight is 361 g/mol. The van der Waals surface area contributed by atoms with Gasteiger partial charge in [-0.15, -0.1) is 0 Å². The summed E-state index contributed by atoms with van der Waals surface area (Å²) in [4.78, 5) is 25.5. The monoisotopic (exact) mass is 360 g/mol. The molecule has 25 heavy (non-hydrogen) atoms. The van der Waals surface area contributed by atoms with Crippen LogP contribution in [0.15, 0.2) is 48.5 Å². The lowest BCUT2D eigenvalue weighted by Crippen LogP contribution is -2.86. The van der Waals surface area contributed by atoms with Gasteiger partial charge in [0.1, 0.15) is 6.04 Å². The van der Waals surface area contributed by atoms with E-state index in [4.69, 9.17) is 11.6 Å². The molecular formula is C19H23ClN3O2+. The predicted octanol–water partition coefficient (Wildman–Crippen LogP) is 2.30. The predicted molar refractivity (Wildman–Crippen MR) is 99.7 cm³/mol. The van der Waals surface area contributed by atoms with Crippen LogP contribution < -0.4 is 10.6 Å². The first-order chi connectivity index (χ1) is 11.9. The van der Waals surface area contributed by atoms with Crippen molar-refractivity contribution in [2.45, 2.75) is 13.0 Å². The molecule has 0 bridgehead atoms. The van der Waals surface area contributed by atoms with Crippen molar-refractivity contribution in [2.75, 3.05) is 26.0 Å². The highest BCUT2D eigenvalue weighted by molar-refractivity contribution is 6.30. The number of amides is 2. The molecule has 5 nitrogen and oxygen atoms in total. The van der Waals surface area contributed by atoms with E-state index in [1.807, 2.05) is 36.5 Å². The number of carbonyl (C=O) groups excluding carboxylic acids is 2. The first-order valence-corrected chi connectivity index (χ1v) is 8.45. The minimum Gasteiger partial charge on any atom is -0.345 e. The Morgan fingerprint density at radius 2 is 1.84 bits per heavy atom. The van der Waals surface area contributed by atoms with E-state index < -0.39 is 0 Å². The molecule has 0 fully saturated rings. The van der Waals surface area contributed by atoms with Crippen LogP contribution in [0.3, 0.4) is 0 Å². The summed E-state index contributed by atoms with van der Waals surface area (Å²) < 4.78 is 0. The van der Waals surface area contributed by atoms with E-state index in [1.54, 1.807) is 38.4 Å². The number of rotatable bonds is 6. The Bertz CT molecular complexity index is 745. The maximum Gasteiger partial charge on any atom is 0.279 e. The fourth-order valence-electron chi connectivity index (χ4n) is 2.38. The second-order valence-electron chi connectivity index (χ2n) is 6.11.